The van der Waals surface area contributed by atoms with Crippen LogP contribution in [0.1, 0.15) is 0 Å². The molecule has 22 heavy (non-hydrogen) atoms. The highest BCUT2D eigenvalue weighted by molar-refractivity contribution is 5.87. The maximum absolute atomic E-state index is 12.5. The zero-order chi connectivity index (χ0) is 15.1. The Kier molecular flexibility index (Phi) is 3.18. The zero-order valence-corrected chi connectivity index (χ0v) is 12.5. The number of nitrogens with one attached hydrogen (secondary N) is 2. The number of likely N-dealkylation sites (N-methyl/N-ethyl adjacent to an activating group) is 1. The molecule has 4 heterocycles. The van der Waals surface area contributed by atoms with Crippen LogP contribution in [-0.4, -0.2) is 70.5 Å². The summed E-state index contributed by atoms with van der Waals surface area (Å²) in [5.41, 5.74) is 1.38. The first kappa shape index (κ1) is 13.4. The number of H-pyrrole nitrogens is 1. The summed E-state index contributed by atoms with van der Waals surface area (Å²) in [6, 6.07) is 0. The lowest BCUT2D eigenvalue weighted by Gasteiger charge is -2.23. The van der Waals surface area contributed by atoms with E-state index in [1.807, 2.05) is 16.8 Å². The van der Waals surface area contributed by atoms with Crippen molar-refractivity contribution in [2.75, 3.05) is 44.7 Å². The molecular weight excluding hydrogens is 282 g/mol. The molecule has 8 nitrogen and oxygen atoms in total. The normalized spacial score (nSPS) is 24.0. The van der Waals surface area contributed by atoms with Crippen molar-refractivity contribution >= 4 is 22.9 Å². The monoisotopic (exact) mass is 301 g/mol. The lowest BCUT2D eigenvalue weighted by Crippen LogP contribution is -2.39. The van der Waals surface area contributed by atoms with Gasteiger partial charge in [0.2, 0.25) is 5.91 Å². The molecule has 2 N–H and O–H groups in total. The molecule has 116 valence electrons. The molecule has 4 rings (SSSR count). The van der Waals surface area contributed by atoms with E-state index in [1.54, 1.807) is 6.33 Å². The van der Waals surface area contributed by atoms with E-state index in [0.717, 1.165) is 31.7 Å². The molecule has 2 aromatic rings. The molecule has 2 atom stereocenters. The first-order valence-electron chi connectivity index (χ1n) is 7.56. The van der Waals surface area contributed by atoms with Gasteiger partial charge < -0.3 is 20.1 Å². The number of aromatic nitrogens is 4. The Morgan fingerprint density at radius 2 is 2.09 bits per heavy atom. The molecular formula is C14H19N7O. The summed E-state index contributed by atoms with van der Waals surface area (Å²) in [5, 5.41) is 3.39. The third-order valence-electron chi connectivity index (χ3n) is 4.68. The van der Waals surface area contributed by atoms with Crippen molar-refractivity contribution in [1.82, 2.24) is 30.2 Å². The van der Waals surface area contributed by atoms with Crippen molar-refractivity contribution in [1.29, 1.82) is 0 Å². The minimum absolute atomic E-state index is 0.156. The number of aromatic amines is 1. The summed E-state index contributed by atoms with van der Waals surface area (Å²) < 4.78 is 0. The highest BCUT2D eigenvalue weighted by Gasteiger charge is 2.38. The van der Waals surface area contributed by atoms with E-state index < -0.39 is 0 Å². The van der Waals surface area contributed by atoms with Gasteiger partial charge in [-0.05, 0) is 11.8 Å². The number of amides is 1. The summed E-state index contributed by atoms with van der Waals surface area (Å²) >= 11 is 0. The molecule has 0 aliphatic carbocycles. The third kappa shape index (κ3) is 2.19. The second-order valence-electron chi connectivity index (χ2n) is 6.13. The van der Waals surface area contributed by atoms with Gasteiger partial charge in [0.15, 0.2) is 11.5 Å². The van der Waals surface area contributed by atoms with Crippen LogP contribution in [0.4, 0.5) is 5.82 Å². The lowest BCUT2D eigenvalue weighted by atomic mass is 10.0. The third-order valence-corrected chi connectivity index (χ3v) is 4.68. The van der Waals surface area contributed by atoms with Gasteiger partial charge in [-0.2, -0.15) is 0 Å². The average Bonchev–Trinajstić information content (AvgIpc) is 3.21. The number of carbonyl (C=O) groups excluding carboxylic acids is 1. The summed E-state index contributed by atoms with van der Waals surface area (Å²) in [7, 11) is 1.87. The van der Waals surface area contributed by atoms with Crippen molar-refractivity contribution in [3.05, 3.63) is 12.7 Å². The predicted octanol–water partition coefficient (Wildman–Crippen LogP) is -0.533. The van der Waals surface area contributed by atoms with Crippen LogP contribution >= 0.6 is 0 Å². The van der Waals surface area contributed by atoms with Crippen LogP contribution in [0.5, 0.6) is 0 Å². The molecule has 2 aromatic heterocycles. The summed E-state index contributed by atoms with van der Waals surface area (Å²) in [5.74, 6) is 2.10. The highest BCUT2D eigenvalue weighted by Crippen LogP contribution is 2.26. The van der Waals surface area contributed by atoms with Crippen LogP contribution in [0, 0.1) is 11.8 Å². The van der Waals surface area contributed by atoms with Crippen LogP contribution in [-0.2, 0) is 4.79 Å². The van der Waals surface area contributed by atoms with Gasteiger partial charge in [0.05, 0.1) is 12.9 Å². The fraction of sp³-hybridized carbons (Fsp3) is 0.571. The van der Waals surface area contributed by atoms with Crippen molar-refractivity contribution in [3.8, 4) is 0 Å². The SMILES string of the molecule is CN(CC(=O)N1C[C@H]2CNC[C@H]2C1)c1ncnc2nc[nH]c12. The quantitative estimate of drug-likeness (QED) is 0.792. The van der Waals surface area contributed by atoms with E-state index in [4.69, 9.17) is 0 Å². The van der Waals surface area contributed by atoms with Gasteiger partial charge in [-0.25, -0.2) is 15.0 Å². The highest BCUT2D eigenvalue weighted by atomic mass is 16.2. The molecule has 0 saturated carbocycles. The number of imidazole rings is 1. The number of anilines is 1. The molecule has 1 amide bonds. The Labute approximate surface area is 127 Å². The Morgan fingerprint density at radius 1 is 1.32 bits per heavy atom. The number of carbonyl (C=O) groups is 1. The van der Waals surface area contributed by atoms with E-state index in [-0.39, 0.29) is 5.91 Å². The number of fused-ring (bicyclic) bond motifs is 2. The first-order valence-corrected chi connectivity index (χ1v) is 7.56. The minimum atomic E-state index is 0.156. The molecule has 0 bridgehead atoms. The second kappa shape index (κ2) is 5.20. The van der Waals surface area contributed by atoms with Crippen LogP contribution in [0.15, 0.2) is 12.7 Å². The Morgan fingerprint density at radius 3 is 2.86 bits per heavy atom. The number of hydrogen-bond acceptors (Lipinski definition) is 6. The van der Waals surface area contributed by atoms with Crippen LogP contribution in [0.2, 0.25) is 0 Å². The van der Waals surface area contributed by atoms with Crippen molar-refractivity contribution in [3.63, 3.8) is 0 Å². The smallest absolute Gasteiger partial charge is 0.242 e. The minimum Gasteiger partial charge on any atom is -0.348 e. The second-order valence-corrected chi connectivity index (χ2v) is 6.13. The van der Waals surface area contributed by atoms with Crippen LogP contribution in [0.3, 0.4) is 0 Å². The van der Waals surface area contributed by atoms with E-state index in [2.05, 4.69) is 25.3 Å². The Hall–Kier alpha value is -2.22. The number of nitrogens with zero attached hydrogens (tertiary/aromatic N) is 5. The molecule has 0 radical (unpaired) electrons. The number of rotatable bonds is 3. The molecule has 2 fully saturated rings. The molecule has 0 unspecified atom stereocenters. The molecule has 0 spiro atoms. The summed E-state index contributed by atoms with van der Waals surface area (Å²) in [6.45, 7) is 4.12. The van der Waals surface area contributed by atoms with Crippen LogP contribution in [0.25, 0.3) is 11.2 Å². The van der Waals surface area contributed by atoms with E-state index in [1.165, 1.54) is 6.33 Å². The fourth-order valence-corrected chi connectivity index (χ4v) is 3.48. The van der Waals surface area contributed by atoms with Crippen molar-refractivity contribution in [2.24, 2.45) is 11.8 Å². The largest absolute Gasteiger partial charge is 0.348 e. The van der Waals surface area contributed by atoms with E-state index in [9.17, 15) is 4.79 Å². The number of hydrogen-bond donors (Lipinski definition) is 2. The van der Waals surface area contributed by atoms with Gasteiger partial charge in [-0.1, -0.05) is 0 Å². The maximum atomic E-state index is 12.5. The predicted molar refractivity (Wildman–Crippen MR) is 81.4 cm³/mol. The van der Waals surface area contributed by atoms with Gasteiger partial charge >= 0.3 is 0 Å². The Bertz CT molecular complexity index is 687. The molecule has 8 heteroatoms. The average molecular weight is 301 g/mol. The van der Waals surface area contributed by atoms with Gasteiger partial charge in [-0.3, -0.25) is 4.79 Å². The fourth-order valence-electron chi connectivity index (χ4n) is 3.48. The molecule has 2 aliphatic heterocycles. The molecule has 2 aliphatic rings. The van der Waals surface area contributed by atoms with Gasteiger partial charge in [-0.15, -0.1) is 0 Å². The van der Waals surface area contributed by atoms with Gasteiger partial charge in [0.1, 0.15) is 11.8 Å². The molecule has 0 aromatic carbocycles. The van der Waals surface area contributed by atoms with Crippen molar-refractivity contribution < 1.29 is 4.79 Å². The van der Waals surface area contributed by atoms with Crippen molar-refractivity contribution in [2.45, 2.75) is 0 Å². The summed E-state index contributed by atoms with van der Waals surface area (Å²) in [4.78, 5) is 31.9. The molecule has 2 saturated heterocycles. The standard InChI is InChI=1S/C14H19N7O/c1-20(14-12-13(17-7-16-12)18-8-19-14)6-11(22)21-4-9-2-15-3-10(9)5-21/h7-10,15H,2-6H2,1H3,(H,16,17,18,19)/t9-,10+. The topological polar surface area (TPSA) is 90.0 Å². The number of likely N-dealkylation sites (tertiary alicyclic amines) is 1. The Balaban J connectivity index is 1.46. The van der Waals surface area contributed by atoms with E-state index >= 15 is 0 Å². The van der Waals surface area contributed by atoms with Gasteiger partial charge in [0, 0.05) is 33.2 Å². The summed E-state index contributed by atoms with van der Waals surface area (Å²) in [6.07, 6.45) is 3.07. The first-order chi connectivity index (χ1) is 10.7. The van der Waals surface area contributed by atoms with E-state index in [0.29, 0.717) is 29.8 Å². The zero-order valence-electron chi connectivity index (χ0n) is 12.5. The van der Waals surface area contributed by atoms with Gasteiger partial charge in [0.25, 0.3) is 0 Å². The lowest BCUT2D eigenvalue weighted by molar-refractivity contribution is -0.128. The van der Waals surface area contributed by atoms with Crippen LogP contribution < -0.4 is 10.2 Å². The maximum Gasteiger partial charge on any atom is 0.242 e.